The van der Waals surface area contributed by atoms with Crippen LogP contribution in [0.2, 0.25) is 0 Å². The molecule has 2 heteroatoms. The molecule has 2 nitrogen and oxygen atoms in total. The second kappa shape index (κ2) is 4.61. The van der Waals surface area contributed by atoms with Crippen molar-refractivity contribution in [2.24, 2.45) is 5.92 Å². The van der Waals surface area contributed by atoms with Crippen molar-refractivity contribution in [2.45, 2.75) is 26.3 Å². The van der Waals surface area contributed by atoms with Gasteiger partial charge in [-0.3, -0.25) is 0 Å². The van der Waals surface area contributed by atoms with Gasteiger partial charge in [-0.05, 0) is 31.9 Å². The van der Waals surface area contributed by atoms with Crippen molar-refractivity contribution in [3.05, 3.63) is 24.5 Å². The van der Waals surface area contributed by atoms with Crippen LogP contribution in [0.15, 0.2) is 24.5 Å². The molecular weight excluding hydrogens is 148 g/mol. The molecule has 0 fully saturated rings. The first-order chi connectivity index (χ1) is 5.83. The van der Waals surface area contributed by atoms with Gasteiger partial charge in [0.1, 0.15) is 0 Å². The number of hydrogen-bond donors (Lipinski definition) is 0. The molecule has 0 aliphatic heterocycles. The second-order valence-corrected chi connectivity index (χ2v) is 3.09. The lowest BCUT2D eigenvalue weighted by atomic mass is 10.1. The number of aromatic nitrogens is 1. The fourth-order valence-electron chi connectivity index (χ4n) is 1.16. The quantitative estimate of drug-likeness (QED) is 0.668. The fourth-order valence-corrected chi connectivity index (χ4v) is 1.16. The molecule has 1 unspecified atom stereocenters. The molecule has 0 amide bonds. The number of rotatable bonds is 4. The molecule has 12 heavy (non-hydrogen) atoms. The Morgan fingerprint density at radius 2 is 2.08 bits per heavy atom. The van der Waals surface area contributed by atoms with E-state index in [1.54, 1.807) is 0 Å². The maximum atomic E-state index is 8.54. The van der Waals surface area contributed by atoms with Gasteiger partial charge in [-0.25, -0.2) is 0 Å². The summed E-state index contributed by atoms with van der Waals surface area (Å²) in [5.41, 5.74) is 0. The van der Waals surface area contributed by atoms with Crippen molar-refractivity contribution in [3.8, 4) is 6.07 Å². The van der Waals surface area contributed by atoms with E-state index < -0.39 is 0 Å². The zero-order chi connectivity index (χ0) is 8.81. The second-order valence-electron chi connectivity index (χ2n) is 3.09. The first kappa shape index (κ1) is 8.86. The minimum absolute atomic E-state index is 0.195. The highest BCUT2D eigenvalue weighted by Crippen LogP contribution is 2.05. The van der Waals surface area contributed by atoms with E-state index in [-0.39, 0.29) is 5.92 Å². The van der Waals surface area contributed by atoms with E-state index in [0.717, 1.165) is 19.4 Å². The van der Waals surface area contributed by atoms with Crippen LogP contribution in [0.1, 0.15) is 19.8 Å². The van der Waals surface area contributed by atoms with E-state index in [1.807, 2.05) is 19.1 Å². The van der Waals surface area contributed by atoms with Crippen LogP contribution in [0, 0.1) is 17.2 Å². The highest BCUT2D eigenvalue weighted by atomic mass is 14.9. The Balaban J connectivity index is 2.16. The van der Waals surface area contributed by atoms with E-state index in [9.17, 15) is 0 Å². The van der Waals surface area contributed by atoms with Crippen molar-refractivity contribution in [2.75, 3.05) is 0 Å². The van der Waals surface area contributed by atoms with Crippen LogP contribution in [-0.4, -0.2) is 4.57 Å². The maximum Gasteiger partial charge on any atom is 0.0652 e. The van der Waals surface area contributed by atoms with Crippen molar-refractivity contribution in [1.82, 2.24) is 4.57 Å². The Hall–Kier alpha value is -1.23. The highest BCUT2D eigenvalue weighted by molar-refractivity contribution is 4.90. The Kier molecular flexibility index (Phi) is 3.40. The van der Waals surface area contributed by atoms with E-state index in [1.165, 1.54) is 0 Å². The van der Waals surface area contributed by atoms with Gasteiger partial charge in [0.15, 0.2) is 0 Å². The molecule has 0 aromatic carbocycles. The molecule has 64 valence electrons. The minimum Gasteiger partial charge on any atom is -0.354 e. The summed E-state index contributed by atoms with van der Waals surface area (Å²) in [5, 5.41) is 8.54. The normalized spacial score (nSPS) is 12.3. The lowest BCUT2D eigenvalue weighted by Crippen LogP contribution is -1.97. The highest BCUT2D eigenvalue weighted by Gasteiger charge is 1.98. The first-order valence-corrected chi connectivity index (χ1v) is 4.33. The summed E-state index contributed by atoms with van der Waals surface area (Å²) in [5.74, 6) is 0.195. The Morgan fingerprint density at radius 1 is 1.42 bits per heavy atom. The molecule has 1 rings (SSSR count). The van der Waals surface area contributed by atoms with Gasteiger partial charge in [0.2, 0.25) is 0 Å². The zero-order valence-corrected chi connectivity index (χ0v) is 7.40. The Labute approximate surface area is 73.4 Å². The number of nitrogens with zero attached hydrogens (tertiary/aromatic N) is 2. The lowest BCUT2D eigenvalue weighted by molar-refractivity contribution is 0.552. The molecular formula is C10H14N2. The topological polar surface area (TPSA) is 28.7 Å². The predicted octanol–water partition coefficient (Wildman–Crippen LogP) is 2.43. The standard InChI is InChI=1S/C10H14N2/c1-10(9-11)5-4-8-12-6-2-3-7-12/h2-3,6-7,10H,4-5,8H2,1H3. The third-order valence-electron chi connectivity index (χ3n) is 1.94. The first-order valence-electron chi connectivity index (χ1n) is 4.33. The van der Waals surface area contributed by atoms with Crippen molar-refractivity contribution in [1.29, 1.82) is 5.26 Å². The molecule has 0 saturated heterocycles. The molecule has 0 saturated carbocycles. The number of nitriles is 1. The molecule has 0 radical (unpaired) electrons. The van der Waals surface area contributed by atoms with Gasteiger partial charge in [0.25, 0.3) is 0 Å². The van der Waals surface area contributed by atoms with Crippen molar-refractivity contribution in [3.63, 3.8) is 0 Å². The Bertz CT molecular complexity index is 243. The molecule has 0 bridgehead atoms. The maximum absolute atomic E-state index is 8.54. The van der Waals surface area contributed by atoms with Crippen LogP contribution in [0.3, 0.4) is 0 Å². The summed E-state index contributed by atoms with van der Waals surface area (Å²) >= 11 is 0. The average Bonchev–Trinajstić information content (AvgIpc) is 2.57. The summed E-state index contributed by atoms with van der Waals surface area (Å²) in [6.45, 7) is 2.99. The van der Waals surface area contributed by atoms with Crippen LogP contribution in [0.25, 0.3) is 0 Å². The van der Waals surface area contributed by atoms with Crippen molar-refractivity contribution < 1.29 is 0 Å². The smallest absolute Gasteiger partial charge is 0.0652 e. The van der Waals surface area contributed by atoms with Gasteiger partial charge in [0.05, 0.1) is 6.07 Å². The zero-order valence-electron chi connectivity index (χ0n) is 7.40. The summed E-state index contributed by atoms with van der Waals surface area (Å²) < 4.78 is 2.14. The van der Waals surface area contributed by atoms with E-state index in [0.29, 0.717) is 0 Å². The van der Waals surface area contributed by atoms with Crippen LogP contribution in [0.4, 0.5) is 0 Å². The van der Waals surface area contributed by atoms with Crippen LogP contribution >= 0.6 is 0 Å². The molecule has 0 aliphatic rings. The largest absolute Gasteiger partial charge is 0.354 e. The molecule has 1 heterocycles. The van der Waals surface area contributed by atoms with Gasteiger partial charge >= 0.3 is 0 Å². The number of hydrogen-bond acceptors (Lipinski definition) is 1. The molecule has 1 aromatic rings. The van der Waals surface area contributed by atoms with Gasteiger partial charge in [-0.15, -0.1) is 0 Å². The van der Waals surface area contributed by atoms with Gasteiger partial charge in [0, 0.05) is 24.9 Å². The SMILES string of the molecule is CC(C#N)CCCn1cccc1. The molecule has 0 spiro atoms. The molecule has 1 aromatic heterocycles. The molecule has 0 N–H and O–H groups in total. The van der Waals surface area contributed by atoms with E-state index in [4.69, 9.17) is 5.26 Å². The van der Waals surface area contributed by atoms with Gasteiger partial charge < -0.3 is 4.57 Å². The van der Waals surface area contributed by atoms with Gasteiger partial charge in [-0.2, -0.15) is 5.26 Å². The van der Waals surface area contributed by atoms with Crippen LogP contribution in [-0.2, 0) is 6.54 Å². The van der Waals surface area contributed by atoms with Crippen molar-refractivity contribution >= 4 is 0 Å². The van der Waals surface area contributed by atoms with E-state index in [2.05, 4.69) is 23.0 Å². The van der Waals surface area contributed by atoms with Crippen LogP contribution in [0.5, 0.6) is 0 Å². The fraction of sp³-hybridized carbons (Fsp3) is 0.500. The summed E-state index contributed by atoms with van der Waals surface area (Å²) in [6, 6.07) is 6.28. The van der Waals surface area contributed by atoms with Crippen LogP contribution < -0.4 is 0 Å². The lowest BCUT2D eigenvalue weighted by Gasteiger charge is -2.03. The summed E-state index contributed by atoms with van der Waals surface area (Å²) in [7, 11) is 0. The molecule has 0 aliphatic carbocycles. The monoisotopic (exact) mass is 162 g/mol. The molecule has 1 atom stereocenters. The summed E-state index contributed by atoms with van der Waals surface area (Å²) in [6.07, 6.45) is 6.19. The predicted molar refractivity (Wildman–Crippen MR) is 48.4 cm³/mol. The average molecular weight is 162 g/mol. The van der Waals surface area contributed by atoms with Gasteiger partial charge in [-0.1, -0.05) is 0 Å². The minimum atomic E-state index is 0.195. The third-order valence-corrected chi connectivity index (χ3v) is 1.94. The van der Waals surface area contributed by atoms with E-state index >= 15 is 0 Å². The Morgan fingerprint density at radius 3 is 2.67 bits per heavy atom. The summed E-state index contributed by atoms with van der Waals surface area (Å²) in [4.78, 5) is 0. The third kappa shape index (κ3) is 2.79. The number of aryl methyl sites for hydroxylation is 1.